The predicted octanol–water partition coefficient (Wildman–Crippen LogP) is 3.79. The van der Waals surface area contributed by atoms with E-state index < -0.39 is 10.0 Å². The molecule has 9 heteroatoms. The van der Waals surface area contributed by atoms with Crippen molar-refractivity contribution in [2.75, 3.05) is 38.0 Å². The van der Waals surface area contributed by atoms with Crippen LogP contribution in [0.3, 0.4) is 0 Å². The minimum atomic E-state index is -3.85. The number of methoxy groups -OCH3 is 3. The summed E-state index contributed by atoms with van der Waals surface area (Å²) in [5, 5.41) is 2.79. The van der Waals surface area contributed by atoms with Crippen LogP contribution in [0, 0.1) is 0 Å². The van der Waals surface area contributed by atoms with Crippen molar-refractivity contribution in [3.8, 4) is 17.2 Å². The van der Waals surface area contributed by atoms with Crippen LogP contribution in [0.5, 0.6) is 17.2 Å². The number of nitrogens with one attached hydrogen (secondary N) is 1. The van der Waals surface area contributed by atoms with Crippen LogP contribution in [0.1, 0.15) is 10.4 Å². The number of carbonyl (C=O) groups is 1. The number of rotatable bonds is 8. The van der Waals surface area contributed by atoms with E-state index in [0.29, 0.717) is 34.2 Å². The minimum Gasteiger partial charge on any atom is -0.497 e. The number of hydrogen-bond donors (Lipinski definition) is 1. The second-order valence-corrected chi connectivity index (χ2v) is 8.69. The SMILES string of the molecule is COc1ccc(NC(=O)c2ccc(N(C)S(=O)(=O)c3ccc(OC)c(OC)c3)cc2)cc1. The molecule has 0 atom stereocenters. The van der Waals surface area contributed by atoms with Gasteiger partial charge in [-0.25, -0.2) is 8.42 Å². The summed E-state index contributed by atoms with van der Waals surface area (Å²) in [4.78, 5) is 12.6. The lowest BCUT2D eigenvalue weighted by Gasteiger charge is -2.20. The lowest BCUT2D eigenvalue weighted by Crippen LogP contribution is -2.26. The highest BCUT2D eigenvalue weighted by atomic mass is 32.2. The molecule has 8 nitrogen and oxygen atoms in total. The van der Waals surface area contributed by atoms with Crippen LogP contribution in [0.2, 0.25) is 0 Å². The van der Waals surface area contributed by atoms with E-state index >= 15 is 0 Å². The summed E-state index contributed by atoms with van der Waals surface area (Å²) >= 11 is 0. The third-order valence-corrected chi connectivity index (χ3v) is 6.64. The maximum atomic E-state index is 13.1. The monoisotopic (exact) mass is 456 g/mol. The Morgan fingerprint density at radius 2 is 1.44 bits per heavy atom. The Balaban J connectivity index is 1.77. The lowest BCUT2D eigenvalue weighted by molar-refractivity contribution is 0.102. The lowest BCUT2D eigenvalue weighted by atomic mass is 10.2. The number of hydrogen-bond acceptors (Lipinski definition) is 6. The molecule has 0 heterocycles. The Kier molecular flexibility index (Phi) is 6.89. The molecule has 0 aliphatic heterocycles. The molecule has 3 aromatic carbocycles. The summed E-state index contributed by atoms with van der Waals surface area (Å²) in [5.74, 6) is 1.12. The van der Waals surface area contributed by atoms with Crippen molar-refractivity contribution in [3.63, 3.8) is 0 Å². The zero-order valence-electron chi connectivity index (χ0n) is 18.2. The predicted molar refractivity (Wildman–Crippen MR) is 123 cm³/mol. The third kappa shape index (κ3) is 4.78. The summed E-state index contributed by atoms with van der Waals surface area (Å²) in [6.07, 6.45) is 0. The molecule has 3 aromatic rings. The fourth-order valence-electron chi connectivity index (χ4n) is 2.97. The molecule has 0 saturated heterocycles. The largest absolute Gasteiger partial charge is 0.497 e. The van der Waals surface area contributed by atoms with E-state index in [2.05, 4.69) is 5.32 Å². The maximum absolute atomic E-state index is 13.1. The van der Waals surface area contributed by atoms with Gasteiger partial charge in [0.2, 0.25) is 0 Å². The molecule has 0 aromatic heterocycles. The van der Waals surface area contributed by atoms with E-state index in [0.717, 1.165) is 4.31 Å². The number of ether oxygens (including phenoxy) is 3. The fraction of sp³-hybridized carbons (Fsp3) is 0.174. The summed E-state index contributed by atoms with van der Waals surface area (Å²) in [5.41, 5.74) is 1.41. The first-order chi connectivity index (χ1) is 15.3. The van der Waals surface area contributed by atoms with Gasteiger partial charge in [-0.1, -0.05) is 0 Å². The molecule has 168 valence electrons. The molecule has 0 spiro atoms. The maximum Gasteiger partial charge on any atom is 0.264 e. The molecule has 0 saturated carbocycles. The molecule has 1 amide bonds. The van der Waals surface area contributed by atoms with Crippen LogP contribution in [-0.4, -0.2) is 42.7 Å². The molecular weight excluding hydrogens is 432 g/mol. The number of nitrogens with zero attached hydrogens (tertiary/aromatic N) is 1. The fourth-order valence-corrected chi connectivity index (χ4v) is 4.19. The van der Waals surface area contributed by atoms with Gasteiger partial charge in [0.25, 0.3) is 15.9 Å². The van der Waals surface area contributed by atoms with Crippen molar-refractivity contribution in [3.05, 3.63) is 72.3 Å². The number of sulfonamides is 1. The van der Waals surface area contributed by atoms with Crippen molar-refractivity contribution in [2.24, 2.45) is 0 Å². The van der Waals surface area contributed by atoms with Gasteiger partial charge in [-0.2, -0.15) is 0 Å². The van der Waals surface area contributed by atoms with E-state index in [9.17, 15) is 13.2 Å². The summed E-state index contributed by atoms with van der Waals surface area (Å²) in [7, 11) is 2.07. The number of anilines is 2. The van der Waals surface area contributed by atoms with Gasteiger partial charge in [-0.05, 0) is 60.7 Å². The molecule has 0 aliphatic carbocycles. The van der Waals surface area contributed by atoms with Crippen molar-refractivity contribution >= 4 is 27.3 Å². The van der Waals surface area contributed by atoms with Crippen molar-refractivity contribution < 1.29 is 27.4 Å². The molecule has 0 bridgehead atoms. The van der Waals surface area contributed by atoms with Crippen LogP contribution < -0.4 is 23.8 Å². The highest BCUT2D eigenvalue weighted by Crippen LogP contribution is 2.31. The van der Waals surface area contributed by atoms with Gasteiger partial charge in [0, 0.05) is 24.4 Å². The normalized spacial score (nSPS) is 10.9. The van der Waals surface area contributed by atoms with E-state index in [1.807, 2.05) is 0 Å². The zero-order valence-corrected chi connectivity index (χ0v) is 19.0. The highest BCUT2D eigenvalue weighted by molar-refractivity contribution is 7.92. The molecule has 3 rings (SSSR count). The zero-order chi connectivity index (χ0) is 23.3. The van der Waals surface area contributed by atoms with Gasteiger partial charge in [0.1, 0.15) is 5.75 Å². The molecule has 0 aliphatic rings. The minimum absolute atomic E-state index is 0.0546. The summed E-state index contributed by atoms with van der Waals surface area (Å²) in [6, 6.07) is 17.6. The van der Waals surface area contributed by atoms with Crippen LogP contribution in [0.4, 0.5) is 11.4 Å². The Bertz CT molecular complexity index is 1190. The Hall–Kier alpha value is -3.72. The molecule has 32 heavy (non-hydrogen) atoms. The topological polar surface area (TPSA) is 94.2 Å². The third-order valence-electron chi connectivity index (χ3n) is 4.85. The standard InChI is InChI=1S/C23H24N2O6S/c1-25(32(27,28)20-13-14-21(30-3)22(15-20)31-4)18-9-5-16(6-10-18)23(26)24-17-7-11-19(29-2)12-8-17/h5-15H,1-4H3,(H,24,26). The molecule has 0 fully saturated rings. The smallest absolute Gasteiger partial charge is 0.264 e. The Labute approximate surface area is 187 Å². The summed E-state index contributed by atoms with van der Waals surface area (Å²) < 4.78 is 42.7. The van der Waals surface area contributed by atoms with Gasteiger partial charge in [0.05, 0.1) is 31.9 Å². The van der Waals surface area contributed by atoms with E-state index in [-0.39, 0.29) is 10.8 Å². The van der Waals surface area contributed by atoms with E-state index in [1.54, 1.807) is 55.6 Å². The first-order valence-electron chi connectivity index (χ1n) is 9.56. The van der Waals surface area contributed by atoms with Crippen LogP contribution in [0.25, 0.3) is 0 Å². The van der Waals surface area contributed by atoms with Gasteiger partial charge in [-0.3, -0.25) is 9.10 Å². The van der Waals surface area contributed by atoms with Crippen LogP contribution in [0.15, 0.2) is 71.6 Å². The van der Waals surface area contributed by atoms with Crippen molar-refractivity contribution in [2.45, 2.75) is 4.90 Å². The number of carbonyl (C=O) groups excluding carboxylic acids is 1. The Morgan fingerprint density at radius 3 is 2.00 bits per heavy atom. The van der Waals surface area contributed by atoms with Gasteiger partial charge >= 0.3 is 0 Å². The first kappa shape index (κ1) is 23.0. The second-order valence-electron chi connectivity index (χ2n) is 6.72. The van der Waals surface area contributed by atoms with Gasteiger partial charge in [0.15, 0.2) is 11.5 Å². The van der Waals surface area contributed by atoms with Gasteiger partial charge in [-0.15, -0.1) is 0 Å². The van der Waals surface area contributed by atoms with Crippen LogP contribution >= 0.6 is 0 Å². The van der Waals surface area contributed by atoms with E-state index in [4.69, 9.17) is 14.2 Å². The number of amides is 1. The van der Waals surface area contributed by atoms with Crippen molar-refractivity contribution in [1.29, 1.82) is 0 Å². The quantitative estimate of drug-likeness (QED) is 0.554. The second kappa shape index (κ2) is 9.61. The first-order valence-corrected chi connectivity index (χ1v) is 11.0. The molecule has 0 radical (unpaired) electrons. The average Bonchev–Trinajstić information content (AvgIpc) is 2.83. The molecule has 1 N–H and O–H groups in total. The van der Waals surface area contributed by atoms with E-state index in [1.165, 1.54) is 39.5 Å². The van der Waals surface area contributed by atoms with Gasteiger partial charge < -0.3 is 19.5 Å². The molecular formula is C23H24N2O6S. The molecule has 0 unspecified atom stereocenters. The number of benzene rings is 3. The average molecular weight is 457 g/mol. The Morgan fingerprint density at radius 1 is 0.812 bits per heavy atom. The van der Waals surface area contributed by atoms with Crippen molar-refractivity contribution in [1.82, 2.24) is 0 Å². The highest BCUT2D eigenvalue weighted by Gasteiger charge is 2.23. The van der Waals surface area contributed by atoms with Crippen LogP contribution in [-0.2, 0) is 10.0 Å². The summed E-state index contributed by atoms with van der Waals surface area (Å²) in [6.45, 7) is 0.